The monoisotopic (exact) mass is 205 g/mol. The highest BCUT2D eigenvalue weighted by atomic mass is 16.5. The van der Waals surface area contributed by atoms with E-state index >= 15 is 0 Å². The van der Waals surface area contributed by atoms with E-state index in [1.54, 1.807) is 0 Å². The molecule has 1 aliphatic heterocycles. The van der Waals surface area contributed by atoms with Gasteiger partial charge in [0.05, 0.1) is 11.7 Å². The number of rotatable bonds is 2. The Labute approximate surface area is 91.6 Å². The summed E-state index contributed by atoms with van der Waals surface area (Å²) in [7, 11) is 0. The molecule has 1 saturated heterocycles. The normalized spacial score (nSPS) is 31.5. The fourth-order valence-electron chi connectivity index (χ4n) is 1.96. The Bertz CT molecular complexity index is 312. The lowest BCUT2D eigenvalue weighted by Crippen LogP contribution is -2.48. The highest BCUT2D eigenvalue weighted by molar-refractivity contribution is 5.18. The summed E-state index contributed by atoms with van der Waals surface area (Å²) in [5, 5.41) is 3.45. The number of hydrogen-bond donors (Lipinski definition) is 1. The third-order valence-electron chi connectivity index (χ3n) is 3.17. The second-order valence-electron chi connectivity index (χ2n) is 4.45. The smallest absolute Gasteiger partial charge is 0.0957 e. The van der Waals surface area contributed by atoms with Gasteiger partial charge in [0.25, 0.3) is 0 Å². The van der Waals surface area contributed by atoms with Crippen molar-refractivity contribution in [1.82, 2.24) is 5.32 Å². The molecule has 15 heavy (non-hydrogen) atoms. The number of benzene rings is 1. The van der Waals surface area contributed by atoms with Crippen molar-refractivity contribution in [3.63, 3.8) is 0 Å². The van der Waals surface area contributed by atoms with Crippen LogP contribution in [0.5, 0.6) is 0 Å². The molecule has 1 aromatic rings. The Kier molecular flexibility index (Phi) is 3.08. The van der Waals surface area contributed by atoms with Crippen LogP contribution in [0.3, 0.4) is 0 Å². The molecule has 1 aliphatic rings. The second-order valence-corrected chi connectivity index (χ2v) is 4.45. The first-order valence-corrected chi connectivity index (χ1v) is 5.67. The minimum absolute atomic E-state index is 0.0151. The van der Waals surface area contributed by atoms with Gasteiger partial charge in [0, 0.05) is 13.1 Å². The van der Waals surface area contributed by atoms with Gasteiger partial charge in [-0.05, 0) is 18.9 Å². The molecule has 0 bridgehead atoms. The molecule has 1 fully saturated rings. The first kappa shape index (κ1) is 10.7. The summed E-state index contributed by atoms with van der Waals surface area (Å²) in [6.07, 6.45) is 1.24. The standard InChI is InChI=1S/C13H19NO/c1-3-13(2)10-14-9-12(15-13)11-7-5-4-6-8-11/h4-8,12,14H,3,9-10H2,1-2H3. The van der Waals surface area contributed by atoms with E-state index in [9.17, 15) is 0 Å². The van der Waals surface area contributed by atoms with Gasteiger partial charge in [-0.25, -0.2) is 0 Å². The van der Waals surface area contributed by atoms with Crippen LogP contribution in [0.25, 0.3) is 0 Å². The minimum Gasteiger partial charge on any atom is -0.365 e. The van der Waals surface area contributed by atoms with E-state index < -0.39 is 0 Å². The van der Waals surface area contributed by atoms with E-state index in [2.05, 4.69) is 43.4 Å². The van der Waals surface area contributed by atoms with Crippen LogP contribution in [0.15, 0.2) is 30.3 Å². The number of ether oxygens (including phenoxy) is 1. The van der Waals surface area contributed by atoms with Gasteiger partial charge in [-0.15, -0.1) is 0 Å². The number of morpholine rings is 1. The first-order valence-electron chi connectivity index (χ1n) is 5.67. The Hall–Kier alpha value is -0.860. The van der Waals surface area contributed by atoms with E-state index in [4.69, 9.17) is 4.74 Å². The Morgan fingerprint density at radius 3 is 2.80 bits per heavy atom. The zero-order chi connectivity index (χ0) is 10.7. The summed E-state index contributed by atoms with van der Waals surface area (Å²) in [5.41, 5.74) is 1.25. The van der Waals surface area contributed by atoms with Crippen LogP contribution < -0.4 is 5.32 Å². The van der Waals surface area contributed by atoms with Gasteiger partial charge in [-0.3, -0.25) is 0 Å². The maximum absolute atomic E-state index is 6.15. The van der Waals surface area contributed by atoms with Crippen molar-refractivity contribution >= 4 is 0 Å². The quantitative estimate of drug-likeness (QED) is 0.801. The average molecular weight is 205 g/mol. The topological polar surface area (TPSA) is 21.3 Å². The number of hydrogen-bond acceptors (Lipinski definition) is 2. The summed E-state index contributed by atoms with van der Waals surface area (Å²) in [6.45, 7) is 6.22. The van der Waals surface area contributed by atoms with Crippen LogP contribution in [-0.2, 0) is 4.74 Å². The fraction of sp³-hybridized carbons (Fsp3) is 0.538. The van der Waals surface area contributed by atoms with Crippen molar-refractivity contribution in [3.8, 4) is 0 Å². The largest absolute Gasteiger partial charge is 0.365 e. The van der Waals surface area contributed by atoms with Crippen LogP contribution in [0, 0.1) is 0 Å². The Morgan fingerprint density at radius 1 is 1.40 bits per heavy atom. The maximum atomic E-state index is 6.15. The third kappa shape index (κ3) is 2.39. The van der Waals surface area contributed by atoms with Gasteiger partial charge in [0.15, 0.2) is 0 Å². The molecule has 0 aliphatic carbocycles. The van der Waals surface area contributed by atoms with Crippen LogP contribution in [0.4, 0.5) is 0 Å². The van der Waals surface area contributed by atoms with Crippen molar-refractivity contribution in [1.29, 1.82) is 0 Å². The molecule has 2 heteroatoms. The van der Waals surface area contributed by atoms with Crippen molar-refractivity contribution in [2.24, 2.45) is 0 Å². The zero-order valence-electron chi connectivity index (χ0n) is 9.49. The van der Waals surface area contributed by atoms with E-state index in [0.29, 0.717) is 0 Å². The van der Waals surface area contributed by atoms with E-state index in [1.165, 1.54) is 5.56 Å². The SMILES string of the molecule is CCC1(C)CNCC(c2ccccc2)O1. The van der Waals surface area contributed by atoms with E-state index in [-0.39, 0.29) is 11.7 Å². The summed E-state index contributed by atoms with van der Waals surface area (Å²) >= 11 is 0. The molecule has 0 saturated carbocycles. The predicted octanol–water partition coefficient (Wildman–Crippen LogP) is 2.52. The molecular weight excluding hydrogens is 186 g/mol. The summed E-state index contributed by atoms with van der Waals surface area (Å²) < 4.78 is 6.15. The molecule has 82 valence electrons. The fourth-order valence-corrected chi connectivity index (χ4v) is 1.96. The van der Waals surface area contributed by atoms with Crippen LogP contribution in [0.1, 0.15) is 31.9 Å². The lowest BCUT2D eigenvalue weighted by atomic mass is 9.99. The van der Waals surface area contributed by atoms with Crippen LogP contribution >= 0.6 is 0 Å². The molecule has 2 nitrogen and oxygen atoms in total. The zero-order valence-corrected chi connectivity index (χ0v) is 9.49. The third-order valence-corrected chi connectivity index (χ3v) is 3.17. The minimum atomic E-state index is -0.0151. The van der Waals surface area contributed by atoms with Gasteiger partial charge < -0.3 is 10.1 Å². The molecule has 2 atom stereocenters. The maximum Gasteiger partial charge on any atom is 0.0957 e. The van der Waals surface area contributed by atoms with Crippen molar-refractivity contribution in [3.05, 3.63) is 35.9 Å². The first-order chi connectivity index (χ1) is 7.23. The molecule has 2 unspecified atom stereocenters. The predicted molar refractivity (Wildman–Crippen MR) is 61.8 cm³/mol. The second kappa shape index (κ2) is 4.33. The molecular formula is C13H19NO. The molecule has 2 rings (SSSR count). The van der Waals surface area contributed by atoms with Crippen molar-refractivity contribution in [2.45, 2.75) is 32.0 Å². The Morgan fingerprint density at radius 2 is 2.13 bits per heavy atom. The molecule has 1 N–H and O–H groups in total. The van der Waals surface area contributed by atoms with Crippen molar-refractivity contribution < 1.29 is 4.74 Å². The Balaban J connectivity index is 2.11. The molecule has 0 amide bonds. The van der Waals surface area contributed by atoms with Crippen LogP contribution in [0.2, 0.25) is 0 Å². The van der Waals surface area contributed by atoms with Gasteiger partial charge in [0.1, 0.15) is 0 Å². The number of nitrogens with one attached hydrogen (secondary N) is 1. The summed E-state index contributed by atoms with van der Waals surface area (Å²) in [6, 6.07) is 10.4. The van der Waals surface area contributed by atoms with Crippen molar-refractivity contribution in [2.75, 3.05) is 13.1 Å². The highest BCUT2D eigenvalue weighted by Crippen LogP contribution is 2.28. The van der Waals surface area contributed by atoms with E-state index in [0.717, 1.165) is 19.5 Å². The molecule has 1 heterocycles. The molecule has 0 aromatic heterocycles. The lowest BCUT2D eigenvalue weighted by molar-refractivity contribution is -0.109. The highest BCUT2D eigenvalue weighted by Gasteiger charge is 2.31. The molecule has 1 aromatic carbocycles. The van der Waals surface area contributed by atoms with Gasteiger partial charge >= 0.3 is 0 Å². The molecule has 0 spiro atoms. The summed E-state index contributed by atoms with van der Waals surface area (Å²) in [5.74, 6) is 0. The molecule has 0 radical (unpaired) electrons. The van der Waals surface area contributed by atoms with Crippen LogP contribution in [-0.4, -0.2) is 18.7 Å². The van der Waals surface area contributed by atoms with E-state index in [1.807, 2.05) is 6.07 Å². The average Bonchev–Trinajstić information content (AvgIpc) is 2.30. The van der Waals surface area contributed by atoms with Gasteiger partial charge in [0.2, 0.25) is 0 Å². The summed E-state index contributed by atoms with van der Waals surface area (Å²) in [4.78, 5) is 0. The van der Waals surface area contributed by atoms with Gasteiger partial charge in [-0.2, -0.15) is 0 Å². The van der Waals surface area contributed by atoms with Gasteiger partial charge in [-0.1, -0.05) is 37.3 Å². The lowest BCUT2D eigenvalue weighted by Gasteiger charge is -2.39.